The maximum Gasteiger partial charge on any atom is 0.320 e. The molecule has 3 nitrogen and oxygen atoms in total. The average molecular weight is 228 g/mol. The minimum absolute atomic E-state index is 0.485. The molecule has 0 radical (unpaired) electrons. The van der Waals surface area contributed by atoms with Crippen LogP contribution in [0.4, 0.5) is 0 Å². The number of rotatable bonds is 4. The molecule has 0 saturated heterocycles. The maximum atomic E-state index is 10.7. The van der Waals surface area contributed by atoms with Crippen LogP contribution in [0.5, 0.6) is 0 Å². The van der Waals surface area contributed by atoms with E-state index in [4.69, 9.17) is 16.7 Å². The zero-order valence-corrected chi connectivity index (χ0v) is 9.53. The number of halogens is 1. The van der Waals surface area contributed by atoms with Crippen LogP contribution in [0, 0.1) is 0 Å². The lowest BCUT2D eigenvalue weighted by molar-refractivity contribution is -0.142. The molecule has 0 spiro atoms. The average Bonchev–Trinajstić information content (AvgIpc) is 2.20. The van der Waals surface area contributed by atoms with Gasteiger partial charge in [-0.3, -0.25) is 9.69 Å². The summed E-state index contributed by atoms with van der Waals surface area (Å²) in [6, 6.07) is 6.91. The number of hydrogen-bond donors (Lipinski definition) is 1. The molecule has 1 atom stereocenters. The molecule has 1 N–H and O–H groups in total. The molecule has 0 heterocycles. The van der Waals surface area contributed by atoms with Gasteiger partial charge in [0.15, 0.2) is 0 Å². The fourth-order valence-electron chi connectivity index (χ4n) is 1.20. The van der Waals surface area contributed by atoms with Crippen LogP contribution in [0.2, 0.25) is 5.02 Å². The Morgan fingerprint density at radius 1 is 1.47 bits per heavy atom. The van der Waals surface area contributed by atoms with Gasteiger partial charge >= 0.3 is 5.97 Å². The van der Waals surface area contributed by atoms with Gasteiger partial charge in [-0.2, -0.15) is 0 Å². The molecule has 1 aromatic carbocycles. The first-order valence-corrected chi connectivity index (χ1v) is 5.06. The Kier molecular flexibility index (Phi) is 4.12. The molecule has 1 rings (SSSR count). The molecule has 0 bridgehead atoms. The van der Waals surface area contributed by atoms with E-state index in [1.165, 1.54) is 0 Å². The van der Waals surface area contributed by atoms with Crippen molar-refractivity contribution in [2.45, 2.75) is 19.5 Å². The normalized spacial score (nSPS) is 12.8. The van der Waals surface area contributed by atoms with Gasteiger partial charge in [0.05, 0.1) is 0 Å². The minimum Gasteiger partial charge on any atom is -0.480 e. The lowest BCUT2D eigenvalue weighted by Gasteiger charge is -2.20. The minimum atomic E-state index is -0.813. The fourth-order valence-corrected chi connectivity index (χ4v) is 1.33. The van der Waals surface area contributed by atoms with Gasteiger partial charge in [0, 0.05) is 11.6 Å². The van der Waals surface area contributed by atoms with E-state index in [2.05, 4.69) is 0 Å². The molecule has 1 aromatic rings. The summed E-state index contributed by atoms with van der Waals surface area (Å²) in [6.07, 6.45) is 0. The third-order valence-corrected chi connectivity index (χ3v) is 2.62. The van der Waals surface area contributed by atoms with E-state index in [9.17, 15) is 4.79 Å². The van der Waals surface area contributed by atoms with Crippen molar-refractivity contribution in [3.8, 4) is 0 Å². The van der Waals surface area contributed by atoms with Crippen LogP contribution in [0.15, 0.2) is 24.3 Å². The number of carboxylic acids is 1. The van der Waals surface area contributed by atoms with E-state index < -0.39 is 12.0 Å². The van der Waals surface area contributed by atoms with Gasteiger partial charge in [-0.1, -0.05) is 23.7 Å². The lowest BCUT2D eigenvalue weighted by atomic mass is 10.2. The number of aliphatic carboxylic acids is 1. The van der Waals surface area contributed by atoms with Crippen molar-refractivity contribution >= 4 is 17.6 Å². The molecule has 0 fully saturated rings. The highest BCUT2D eigenvalue weighted by Gasteiger charge is 2.16. The summed E-state index contributed by atoms with van der Waals surface area (Å²) in [5.74, 6) is -0.813. The molecule has 0 aromatic heterocycles. The SMILES string of the molecule is CC(C(=O)O)N(C)Cc1ccc(Cl)cc1. The van der Waals surface area contributed by atoms with Crippen LogP contribution >= 0.6 is 11.6 Å². The Hall–Kier alpha value is -1.06. The van der Waals surface area contributed by atoms with Crippen molar-refractivity contribution in [3.05, 3.63) is 34.9 Å². The van der Waals surface area contributed by atoms with Gasteiger partial charge in [-0.05, 0) is 31.7 Å². The molecular weight excluding hydrogens is 214 g/mol. The third-order valence-electron chi connectivity index (χ3n) is 2.36. The van der Waals surface area contributed by atoms with Crippen molar-refractivity contribution in [3.63, 3.8) is 0 Å². The van der Waals surface area contributed by atoms with Gasteiger partial charge in [-0.25, -0.2) is 0 Å². The standard InChI is InChI=1S/C11H14ClNO2/c1-8(11(14)15)13(2)7-9-3-5-10(12)6-4-9/h3-6,8H,7H2,1-2H3,(H,14,15). The smallest absolute Gasteiger partial charge is 0.320 e. The Bertz CT molecular complexity index is 337. The van der Waals surface area contributed by atoms with Crippen LogP contribution < -0.4 is 0 Å². The number of carbonyl (C=O) groups is 1. The van der Waals surface area contributed by atoms with E-state index in [1.54, 1.807) is 31.0 Å². The fraction of sp³-hybridized carbons (Fsp3) is 0.364. The van der Waals surface area contributed by atoms with E-state index in [0.717, 1.165) is 5.56 Å². The second-order valence-corrected chi connectivity index (χ2v) is 3.99. The number of carboxylic acid groups (broad SMARTS) is 1. The van der Waals surface area contributed by atoms with Crippen LogP contribution in [-0.2, 0) is 11.3 Å². The number of nitrogens with zero attached hydrogens (tertiary/aromatic N) is 1. The Balaban J connectivity index is 2.62. The van der Waals surface area contributed by atoms with Crippen molar-refractivity contribution in [2.24, 2.45) is 0 Å². The van der Waals surface area contributed by atoms with Crippen molar-refractivity contribution < 1.29 is 9.90 Å². The van der Waals surface area contributed by atoms with Crippen molar-refractivity contribution in [1.29, 1.82) is 0 Å². The number of benzene rings is 1. The number of likely N-dealkylation sites (N-methyl/N-ethyl adjacent to an activating group) is 1. The molecule has 0 saturated carbocycles. The van der Waals surface area contributed by atoms with E-state index >= 15 is 0 Å². The summed E-state index contributed by atoms with van der Waals surface area (Å²) in [7, 11) is 1.79. The molecule has 15 heavy (non-hydrogen) atoms. The summed E-state index contributed by atoms with van der Waals surface area (Å²) in [5, 5.41) is 9.50. The van der Waals surface area contributed by atoms with Gasteiger partial charge < -0.3 is 5.11 Å². The molecular formula is C11H14ClNO2. The lowest BCUT2D eigenvalue weighted by Crippen LogP contribution is -2.35. The van der Waals surface area contributed by atoms with Crippen molar-refractivity contribution in [1.82, 2.24) is 4.90 Å². The molecule has 1 unspecified atom stereocenters. The predicted octanol–water partition coefficient (Wildman–Crippen LogP) is 2.24. The first-order valence-electron chi connectivity index (χ1n) is 4.68. The Labute approximate surface area is 94.3 Å². The maximum absolute atomic E-state index is 10.7. The summed E-state index contributed by atoms with van der Waals surface area (Å²) in [6.45, 7) is 2.27. The van der Waals surface area contributed by atoms with E-state index in [1.807, 2.05) is 12.1 Å². The molecule has 82 valence electrons. The van der Waals surface area contributed by atoms with Gasteiger partial charge in [0.2, 0.25) is 0 Å². The second kappa shape index (κ2) is 5.14. The molecule has 0 aliphatic rings. The summed E-state index contributed by atoms with van der Waals surface area (Å²) >= 11 is 5.75. The second-order valence-electron chi connectivity index (χ2n) is 3.56. The van der Waals surface area contributed by atoms with E-state index in [0.29, 0.717) is 11.6 Å². The topological polar surface area (TPSA) is 40.5 Å². The number of hydrogen-bond acceptors (Lipinski definition) is 2. The first-order chi connectivity index (χ1) is 7.00. The molecule has 0 aliphatic carbocycles. The van der Waals surface area contributed by atoms with Gasteiger partial charge in [0.25, 0.3) is 0 Å². The summed E-state index contributed by atoms with van der Waals surface area (Å²) in [4.78, 5) is 12.5. The molecule has 0 amide bonds. The van der Waals surface area contributed by atoms with Crippen LogP contribution in [-0.4, -0.2) is 29.1 Å². The molecule has 4 heteroatoms. The summed E-state index contributed by atoms with van der Waals surface area (Å²) < 4.78 is 0. The van der Waals surface area contributed by atoms with Gasteiger partial charge in [0.1, 0.15) is 6.04 Å². The zero-order valence-electron chi connectivity index (χ0n) is 8.77. The summed E-state index contributed by atoms with van der Waals surface area (Å²) in [5.41, 5.74) is 1.05. The highest BCUT2D eigenvalue weighted by atomic mass is 35.5. The van der Waals surface area contributed by atoms with Crippen molar-refractivity contribution in [2.75, 3.05) is 7.05 Å². The predicted molar refractivity (Wildman–Crippen MR) is 60.0 cm³/mol. The van der Waals surface area contributed by atoms with Crippen LogP contribution in [0.1, 0.15) is 12.5 Å². The monoisotopic (exact) mass is 227 g/mol. The zero-order chi connectivity index (χ0) is 11.4. The highest BCUT2D eigenvalue weighted by Crippen LogP contribution is 2.11. The Morgan fingerprint density at radius 2 is 2.00 bits per heavy atom. The first kappa shape index (κ1) is 12.0. The third kappa shape index (κ3) is 3.53. The van der Waals surface area contributed by atoms with Gasteiger partial charge in [-0.15, -0.1) is 0 Å². The van der Waals surface area contributed by atoms with E-state index in [-0.39, 0.29) is 0 Å². The molecule has 0 aliphatic heterocycles. The highest BCUT2D eigenvalue weighted by molar-refractivity contribution is 6.30. The quantitative estimate of drug-likeness (QED) is 0.858. The Morgan fingerprint density at radius 3 is 2.47 bits per heavy atom. The van der Waals surface area contributed by atoms with Crippen LogP contribution in [0.25, 0.3) is 0 Å². The largest absolute Gasteiger partial charge is 0.480 e. The van der Waals surface area contributed by atoms with Crippen LogP contribution in [0.3, 0.4) is 0 Å².